The second-order valence-electron chi connectivity index (χ2n) is 5.70. The Balaban J connectivity index is 1.95. The minimum atomic E-state index is -3.80. The molecule has 0 atom stereocenters. The molecule has 0 aliphatic heterocycles. The van der Waals surface area contributed by atoms with Crippen molar-refractivity contribution in [2.24, 2.45) is 0 Å². The van der Waals surface area contributed by atoms with Crippen molar-refractivity contribution in [1.82, 2.24) is 5.32 Å². The Kier molecular flexibility index (Phi) is 7.67. The summed E-state index contributed by atoms with van der Waals surface area (Å²) in [5.74, 6) is 0.0805. The molecular weight excluding hydrogens is 426 g/mol. The van der Waals surface area contributed by atoms with Crippen LogP contribution in [0.2, 0.25) is 5.02 Å². The van der Waals surface area contributed by atoms with Gasteiger partial charge in [-0.05, 0) is 30.3 Å². The van der Waals surface area contributed by atoms with Gasteiger partial charge in [0, 0.05) is 34.3 Å². The Hall–Kier alpha value is -2.30. The van der Waals surface area contributed by atoms with Crippen molar-refractivity contribution < 1.29 is 18.1 Å². The summed E-state index contributed by atoms with van der Waals surface area (Å²) in [6.07, 6.45) is 0.940. The minimum absolute atomic E-state index is 0.0578. The molecule has 0 spiro atoms. The number of amides is 1. The van der Waals surface area contributed by atoms with Gasteiger partial charge in [0.05, 0.1) is 16.9 Å². The lowest BCUT2D eigenvalue weighted by Crippen LogP contribution is -2.41. The molecule has 0 aliphatic rings. The van der Waals surface area contributed by atoms with Crippen molar-refractivity contribution in [2.75, 3.05) is 29.4 Å². The fraction of sp³-hybridized carbons (Fsp3) is 0.235. The third-order valence-corrected chi connectivity index (χ3v) is 5.93. The summed E-state index contributed by atoms with van der Waals surface area (Å²) in [6.45, 7) is -0.135. The molecule has 0 unspecified atom stereocenters. The maximum atomic E-state index is 12.2. The number of nitro benzene ring substituents is 1. The van der Waals surface area contributed by atoms with E-state index in [-0.39, 0.29) is 11.4 Å². The molecule has 11 heteroatoms. The van der Waals surface area contributed by atoms with Crippen LogP contribution in [-0.4, -0.2) is 44.3 Å². The summed E-state index contributed by atoms with van der Waals surface area (Å²) >= 11 is 7.34. The van der Waals surface area contributed by atoms with Gasteiger partial charge in [-0.15, -0.1) is 11.8 Å². The number of carbonyl (C=O) groups excluding carboxylic acids is 1. The molecular formula is C17H18ClN3O5S2. The van der Waals surface area contributed by atoms with Crippen molar-refractivity contribution in [3.63, 3.8) is 0 Å². The normalized spacial score (nSPS) is 11.1. The molecule has 0 aromatic heterocycles. The van der Waals surface area contributed by atoms with Crippen LogP contribution in [-0.2, 0) is 14.8 Å². The third kappa shape index (κ3) is 6.70. The number of non-ortho nitro benzene ring substituents is 1. The molecule has 0 radical (unpaired) electrons. The molecule has 2 aromatic carbocycles. The van der Waals surface area contributed by atoms with E-state index < -0.39 is 27.4 Å². The first-order chi connectivity index (χ1) is 13.2. The average Bonchev–Trinajstić information content (AvgIpc) is 2.64. The van der Waals surface area contributed by atoms with Crippen LogP contribution in [0.3, 0.4) is 0 Å². The monoisotopic (exact) mass is 443 g/mol. The predicted octanol–water partition coefficient (Wildman–Crippen LogP) is 2.92. The first-order valence-electron chi connectivity index (χ1n) is 8.04. The largest absolute Gasteiger partial charge is 0.354 e. The molecule has 0 saturated heterocycles. The van der Waals surface area contributed by atoms with Crippen LogP contribution in [0.5, 0.6) is 0 Å². The quantitative estimate of drug-likeness (QED) is 0.276. The van der Waals surface area contributed by atoms with Crippen molar-refractivity contribution in [2.45, 2.75) is 4.90 Å². The summed E-state index contributed by atoms with van der Waals surface area (Å²) in [6, 6.07) is 12.4. The highest BCUT2D eigenvalue weighted by molar-refractivity contribution is 7.99. The Morgan fingerprint density at radius 1 is 1.25 bits per heavy atom. The molecule has 8 nitrogen and oxygen atoms in total. The maximum absolute atomic E-state index is 12.2. The van der Waals surface area contributed by atoms with Crippen molar-refractivity contribution in [3.05, 3.63) is 63.7 Å². The lowest BCUT2D eigenvalue weighted by atomic mass is 10.3. The van der Waals surface area contributed by atoms with E-state index in [1.807, 2.05) is 12.1 Å². The van der Waals surface area contributed by atoms with Crippen LogP contribution in [0.1, 0.15) is 0 Å². The van der Waals surface area contributed by atoms with Gasteiger partial charge in [-0.3, -0.25) is 19.2 Å². The number of carbonyl (C=O) groups is 1. The van der Waals surface area contributed by atoms with Gasteiger partial charge in [0.15, 0.2) is 0 Å². The van der Waals surface area contributed by atoms with E-state index in [0.29, 0.717) is 17.3 Å². The first-order valence-corrected chi connectivity index (χ1v) is 11.3. The maximum Gasteiger partial charge on any atom is 0.271 e. The van der Waals surface area contributed by atoms with Gasteiger partial charge in [0.2, 0.25) is 15.9 Å². The fourth-order valence-corrected chi connectivity index (χ4v) is 3.98. The highest BCUT2D eigenvalue weighted by Gasteiger charge is 2.22. The molecule has 0 saturated carbocycles. The number of nitrogens with one attached hydrogen (secondary N) is 1. The van der Waals surface area contributed by atoms with E-state index in [1.165, 1.54) is 30.0 Å². The van der Waals surface area contributed by atoms with E-state index in [2.05, 4.69) is 5.32 Å². The van der Waals surface area contributed by atoms with Crippen LogP contribution in [0, 0.1) is 10.1 Å². The Bertz CT molecular complexity index is 952. The summed E-state index contributed by atoms with van der Waals surface area (Å²) in [5, 5.41) is 14.2. The second kappa shape index (κ2) is 9.76. The average molecular weight is 444 g/mol. The van der Waals surface area contributed by atoms with Gasteiger partial charge in [0.1, 0.15) is 6.54 Å². The molecule has 2 aromatic rings. The van der Waals surface area contributed by atoms with Crippen LogP contribution in [0.4, 0.5) is 11.4 Å². The van der Waals surface area contributed by atoms with Gasteiger partial charge in [-0.25, -0.2) is 8.42 Å². The third-order valence-electron chi connectivity index (χ3n) is 3.52. The van der Waals surface area contributed by atoms with Crippen LogP contribution >= 0.6 is 23.4 Å². The molecule has 1 N–H and O–H groups in total. The van der Waals surface area contributed by atoms with Crippen LogP contribution in [0.15, 0.2) is 53.4 Å². The number of nitrogens with zero attached hydrogens (tertiary/aromatic N) is 2. The highest BCUT2D eigenvalue weighted by Crippen LogP contribution is 2.23. The molecule has 0 bridgehead atoms. The Morgan fingerprint density at radius 3 is 2.54 bits per heavy atom. The lowest BCUT2D eigenvalue weighted by Gasteiger charge is -2.21. The van der Waals surface area contributed by atoms with E-state index in [4.69, 9.17) is 11.6 Å². The lowest BCUT2D eigenvalue weighted by molar-refractivity contribution is -0.384. The van der Waals surface area contributed by atoms with Crippen LogP contribution < -0.4 is 9.62 Å². The topological polar surface area (TPSA) is 110 Å². The fourth-order valence-electron chi connectivity index (χ4n) is 2.24. The van der Waals surface area contributed by atoms with E-state index in [0.717, 1.165) is 21.5 Å². The standard InChI is InChI=1S/C17H18ClN3O5S2/c1-28(25,26)20(14-3-2-4-15(11-14)21(23)24)12-17(22)19-9-10-27-16-7-5-13(18)6-8-16/h2-8,11H,9-10,12H2,1H3,(H,19,22). The zero-order valence-electron chi connectivity index (χ0n) is 14.9. The van der Waals surface area contributed by atoms with Gasteiger partial charge in [0.25, 0.3) is 5.69 Å². The summed E-state index contributed by atoms with van der Waals surface area (Å²) < 4.78 is 24.9. The number of hydrogen-bond acceptors (Lipinski definition) is 6. The summed E-state index contributed by atoms with van der Waals surface area (Å²) in [7, 11) is -3.80. The second-order valence-corrected chi connectivity index (χ2v) is 9.21. The van der Waals surface area contributed by atoms with E-state index in [1.54, 1.807) is 12.1 Å². The number of hydrogen-bond donors (Lipinski definition) is 1. The number of thioether (sulfide) groups is 1. The number of rotatable bonds is 9. The van der Waals surface area contributed by atoms with Crippen molar-refractivity contribution in [1.29, 1.82) is 0 Å². The number of sulfonamides is 1. The van der Waals surface area contributed by atoms with Gasteiger partial charge in [-0.1, -0.05) is 17.7 Å². The summed E-state index contributed by atoms with van der Waals surface area (Å²) in [4.78, 5) is 23.4. The molecule has 0 heterocycles. The van der Waals surface area contributed by atoms with Gasteiger partial charge < -0.3 is 5.32 Å². The van der Waals surface area contributed by atoms with E-state index >= 15 is 0 Å². The molecule has 150 valence electrons. The van der Waals surface area contributed by atoms with Crippen molar-refractivity contribution >= 4 is 50.7 Å². The molecule has 2 rings (SSSR count). The van der Waals surface area contributed by atoms with Crippen molar-refractivity contribution in [3.8, 4) is 0 Å². The zero-order chi connectivity index (χ0) is 20.7. The Labute approximate surface area is 172 Å². The number of anilines is 1. The highest BCUT2D eigenvalue weighted by atomic mass is 35.5. The minimum Gasteiger partial charge on any atom is -0.354 e. The molecule has 28 heavy (non-hydrogen) atoms. The van der Waals surface area contributed by atoms with Crippen LogP contribution in [0.25, 0.3) is 0 Å². The van der Waals surface area contributed by atoms with Gasteiger partial charge >= 0.3 is 0 Å². The number of benzene rings is 2. The number of nitro groups is 1. The SMILES string of the molecule is CS(=O)(=O)N(CC(=O)NCCSc1ccc(Cl)cc1)c1cccc([N+](=O)[O-])c1. The smallest absolute Gasteiger partial charge is 0.271 e. The molecule has 0 aliphatic carbocycles. The first kappa shape index (κ1) is 22.0. The zero-order valence-corrected chi connectivity index (χ0v) is 17.3. The molecule has 0 fully saturated rings. The number of halogens is 1. The Morgan fingerprint density at radius 2 is 1.93 bits per heavy atom. The predicted molar refractivity (Wildman–Crippen MR) is 110 cm³/mol. The summed E-state index contributed by atoms with van der Waals surface area (Å²) in [5.41, 5.74) is -0.201. The molecule has 1 amide bonds. The van der Waals surface area contributed by atoms with Gasteiger partial charge in [-0.2, -0.15) is 0 Å². The van der Waals surface area contributed by atoms with E-state index in [9.17, 15) is 23.3 Å².